The molecule has 0 aromatic carbocycles. The summed E-state index contributed by atoms with van der Waals surface area (Å²) in [4.78, 5) is 38.5. The van der Waals surface area contributed by atoms with Gasteiger partial charge in [-0.25, -0.2) is 0 Å². The zero-order valence-electron chi connectivity index (χ0n) is 11.4. The first-order chi connectivity index (χ1) is 9.31. The molecule has 0 saturated carbocycles. The molecule has 7 heteroatoms. The van der Waals surface area contributed by atoms with Crippen LogP contribution in [0, 0.1) is 0 Å². The summed E-state index contributed by atoms with van der Waals surface area (Å²) < 4.78 is 0. The minimum atomic E-state index is -1.08. The van der Waals surface area contributed by atoms with E-state index in [1.165, 1.54) is 13.1 Å². The van der Waals surface area contributed by atoms with Gasteiger partial charge in [-0.3, -0.25) is 19.4 Å². The second-order valence-electron chi connectivity index (χ2n) is 4.49. The zero-order chi connectivity index (χ0) is 15.3. The average molecular weight is 279 g/mol. The Morgan fingerprint density at radius 3 is 2.50 bits per heavy atom. The Hall–Kier alpha value is -2.28. The minimum absolute atomic E-state index is 0.0228. The molecule has 0 spiro atoms. The Balaban J connectivity index is 2.68. The van der Waals surface area contributed by atoms with E-state index in [9.17, 15) is 14.4 Å². The smallest absolute Gasteiger partial charge is 0.320 e. The van der Waals surface area contributed by atoms with Gasteiger partial charge in [0.2, 0.25) is 5.78 Å². The highest BCUT2D eigenvalue weighted by Crippen LogP contribution is 2.12. The standard InChI is InChI=1S/C13H17N3O4/c1-8(17)12(18)7-16(2)10-4-3-9(15-6-10)5-11(14)13(19)20/h3-4,6,11H,5,7,14H2,1-2H3,(H,19,20). The molecule has 0 aliphatic rings. The fraction of sp³-hybridized carbons (Fsp3) is 0.385. The van der Waals surface area contributed by atoms with Gasteiger partial charge in [0.15, 0.2) is 5.78 Å². The van der Waals surface area contributed by atoms with Crippen LogP contribution in [0.1, 0.15) is 12.6 Å². The third-order valence-electron chi connectivity index (χ3n) is 2.77. The van der Waals surface area contributed by atoms with E-state index >= 15 is 0 Å². The van der Waals surface area contributed by atoms with E-state index in [0.29, 0.717) is 11.4 Å². The van der Waals surface area contributed by atoms with Crippen molar-refractivity contribution in [2.24, 2.45) is 5.73 Å². The van der Waals surface area contributed by atoms with E-state index in [2.05, 4.69) is 4.98 Å². The number of carboxylic acids is 1. The van der Waals surface area contributed by atoms with Crippen molar-refractivity contribution in [2.75, 3.05) is 18.5 Å². The summed E-state index contributed by atoms with van der Waals surface area (Å²) >= 11 is 0. The molecule has 0 radical (unpaired) electrons. The number of carboxylic acid groups (broad SMARTS) is 1. The predicted octanol–water partition coefficient (Wildman–Crippen LogP) is -0.370. The number of hydrogen-bond acceptors (Lipinski definition) is 6. The summed E-state index contributed by atoms with van der Waals surface area (Å²) in [6, 6.07) is 2.35. The molecule has 1 unspecified atom stereocenters. The number of Topliss-reactive ketones (excluding diaryl/α,β-unsaturated/α-hetero) is 2. The SMILES string of the molecule is CC(=O)C(=O)CN(C)c1ccc(CC(N)C(=O)O)nc1. The van der Waals surface area contributed by atoms with Crippen molar-refractivity contribution in [1.29, 1.82) is 0 Å². The highest BCUT2D eigenvalue weighted by molar-refractivity contribution is 6.37. The molecular formula is C13H17N3O4. The molecule has 0 saturated heterocycles. The maximum absolute atomic E-state index is 11.3. The Labute approximate surface area is 116 Å². The Kier molecular flexibility index (Phi) is 5.33. The van der Waals surface area contributed by atoms with Crippen LogP contribution >= 0.6 is 0 Å². The van der Waals surface area contributed by atoms with Crippen molar-refractivity contribution in [3.8, 4) is 0 Å². The molecule has 1 heterocycles. The molecule has 0 fully saturated rings. The molecule has 1 aromatic heterocycles. The van der Waals surface area contributed by atoms with Crippen molar-refractivity contribution >= 4 is 23.2 Å². The van der Waals surface area contributed by atoms with Crippen molar-refractivity contribution in [3.63, 3.8) is 0 Å². The average Bonchev–Trinajstić information content (AvgIpc) is 2.39. The topological polar surface area (TPSA) is 114 Å². The Morgan fingerprint density at radius 1 is 1.40 bits per heavy atom. The van der Waals surface area contributed by atoms with Crippen molar-refractivity contribution in [3.05, 3.63) is 24.0 Å². The lowest BCUT2D eigenvalue weighted by Crippen LogP contribution is -2.32. The molecule has 0 bridgehead atoms. The zero-order valence-corrected chi connectivity index (χ0v) is 11.4. The first kappa shape index (κ1) is 15.8. The predicted molar refractivity (Wildman–Crippen MR) is 72.5 cm³/mol. The number of carbonyl (C=O) groups excluding carboxylic acids is 2. The summed E-state index contributed by atoms with van der Waals surface area (Å²) in [7, 11) is 1.67. The van der Waals surface area contributed by atoms with E-state index in [0.717, 1.165) is 0 Å². The third kappa shape index (κ3) is 4.43. The number of aromatic nitrogens is 1. The van der Waals surface area contributed by atoms with E-state index in [1.807, 2.05) is 0 Å². The number of carbonyl (C=O) groups is 3. The highest BCUT2D eigenvalue weighted by Gasteiger charge is 2.14. The van der Waals surface area contributed by atoms with Gasteiger partial charge in [0.1, 0.15) is 6.04 Å². The van der Waals surface area contributed by atoms with Crippen LogP contribution in [-0.4, -0.2) is 47.3 Å². The van der Waals surface area contributed by atoms with Crippen LogP contribution in [0.4, 0.5) is 5.69 Å². The Bertz CT molecular complexity index is 513. The number of nitrogens with zero attached hydrogens (tertiary/aromatic N) is 2. The molecule has 0 aliphatic heterocycles. The van der Waals surface area contributed by atoms with Gasteiger partial charge in [0.25, 0.3) is 0 Å². The number of hydrogen-bond donors (Lipinski definition) is 2. The van der Waals surface area contributed by atoms with Crippen molar-refractivity contribution in [1.82, 2.24) is 4.98 Å². The first-order valence-corrected chi connectivity index (χ1v) is 5.99. The first-order valence-electron chi connectivity index (χ1n) is 5.99. The van der Waals surface area contributed by atoms with Crippen molar-refractivity contribution < 1.29 is 19.5 Å². The van der Waals surface area contributed by atoms with Gasteiger partial charge in [0.05, 0.1) is 18.4 Å². The molecule has 20 heavy (non-hydrogen) atoms. The van der Waals surface area contributed by atoms with E-state index in [4.69, 9.17) is 10.8 Å². The fourth-order valence-corrected chi connectivity index (χ4v) is 1.49. The van der Waals surface area contributed by atoms with E-state index < -0.39 is 23.6 Å². The monoisotopic (exact) mass is 279 g/mol. The van der Waals surface area contributed by atoms with Gasteiger partial charge in [0, 0.05) is 26.1 Å². The molecule has 1 atom stereocenters. The van der Waals surface area contributed by atoms with Crippen LogP contribution in [-0.2, 0) is 20.8 Å². The van der Waals surface area contributed by atoms with Crippen molar-refractivity contribution in [2.45, 2.75) is 19.4 Å². The second kappa shape index (κ2) is 6.76. The highest BCUT2D eigenvalue weighted by atomic mass is 16.4. The number of rotatable bonds is 7. The number of ketones is 2. The van der Waals surface area contributed by atoms with Crippen LogP contribution in [0.25, 0.3) is 0 Å². The van der Waals surface area contributed by atoms with E-state index in [1.54, 1.807) is 24.1 Å². The minimum Gasteiger partial charge on any atom is -0.480 e. The maximum atomic E-state index is 11.3. The lowest BCUT2D eigenvalue weighted by Gasteiger charge is -2.17. The van der Waals surface area contributed by atoms with Gasteiger partial charge >= 0.3 is 5.97 Å². The maximum Gasteiger partial charge on any atom is 0.320 e. The summed E-state index contributed by atoms with van der Waals surface area (Å²) in [6.45, 7) is 1.20. The normalized spacial score (nSPS) is 11.8. The van der Waals surface area contributed by atoms with Gasteiger partial charge in [-0.1, -0.05) is 0 Å². The molecule has 0 aliphatic carbocycles. The number of aliphatic carboxylic acids is 1. The number of nitrogens with two attached hydrogens (primary N) is 1. The molecule has 7 nitrogen and oxygen atoms in total. The largest absolute Gasteiger partial charge is 0.480 e. The van der Waals surface area contributed by atoms with Crippen LogP contribution < -0.4 is 10.6 Å². The second-order valence-corrected chi connectivity index (χ2v) is 4.49. The summed E-state index contributed by atoms with van der Waals surface area (Å²) in [5, 5.41) is 8.71. The summed E-state index contributed by atoms with van der Waals surface area (Å²) in [5.41, 5.74) is 6.62. The van der Waals surface area contributed by atoms with Crippen LogP contribution in [0.2, 0.25) is 0 Å². The lowest BCUT2D eigenvalue weighted by molar-refractivity contribution is -0.138. The quantitative estimate of drug-likeness (QED) is 0.654. The van der Waals surface area contributed by atoms with Gasteiger partial charge in [-0.2, -0.15) is 0 Å². The van der Waals surface area contributed by atoms with Crippen LogP contribution in [0.5, 0.6) is 0 Å². The number of pyridine rings is 1. The molecule has 1 rings (SSSR count). The van der Waals surface area contributed by atoms with Crippen LogP contribution in [0.3, 0.4) is 0 Å². The summed E-state index contributed by atoms with van der Waals surface area (Å²) in [5.74, 6) is -2.06. The lowest BCUT2D eigenvalue weighted by atomic mass is 10.1. The van der Waals surface area contributed by atoms with E-state index in [-0.39, 0.29) is 13.0 Å². The fourth-order valence-electron chi connectivity index (χ4n) is 1.49. The van der Waals surface area contributed by atoms with Crippen LogP contribution in [0.15, 0.2) is 18.3 Å². The molecule has 1 aromatic rings. The third-order valence-corrected chi connectivity index (χ3v) is 2.77. The van der Waals surface area contributed by atoms with Gasteiger partial charge in [-0.05, 0) is 12.1 Å². The molecule has 108 valence electrons. The molecule has 3 N–H and O–H groups in total. The van der Waals surface area contributed by atoms with Gasteiger partial charge in [-0.15, -0.1) is 0 Å². The molecular weight excluding hydrogens is 262 g/mol. The molecule has 0 amide bonds. The Morgan fingerprint density at radius 2 is 2.05 bits per heavy atom. The van der Waals surface area contributed by atoms with Gasteiger partial charge < -0.3 is 15.7 Å². The summed E-state index contributed by atoms with van der Waals surface area (Å²) in [6.07, 6.45) is 1.64. The number of anilines is 1. The number of likely N-dealkylation sites (N-methyl/N-ethyl adjacent to an activating group) is 1.